The lowest BCUT2D eigenvalue weighted by Crippen LogP contribution is -2.30. The summed E-state index contributed by atoms with van der Waals surface area (Å²) in [4.78, 5) is 57.7. The van der Waals surface area contributed by atoms with Crippen LogP contribution in [0.3, 0.4) is 0 Å². The molecule has 0 amide bonds. The average molecular weight is 1030 g/mol. The van der Waals surface area contributed by atoms with E-state index < -0.39 is 91.5 Å². The quantitative estimate of drug-likeness (QED) is 0.0146. The Morgan fingerprint density at radius 3 is 1.10 bits per heavy atom. The van der Waals surface area contributed by atoms with Gasteiger partial charge in [0.25, 0.3) is 0 Å². The molecule has 0 aromatic rings. The molecule has 0 saturated carbocycles. The fraction of sp³-hybridized carbons (Fsp3) is 0.902. The summed E-state index contributed by atoms with van der Waals surface area (Å²) in [5.41, 5.74) is 0. The van der Waals surface area contributed by atoms with Crippen molar-refractivity contribution in [3.8, 4) is 0 Å². The Morgan fingerprint density at radius 2 is 0.696 bits per heavy atom. The van der Waals surface area contributed by atoms with E-state index in [1.54, 1.807) is 0 Å². The minimum absolute atomic E-state index is 0.114. The zero-order valence-corrected chi connectivity index (χ0v) is 45.0. The molecule has 4 N–H and O–H groups in total. The van der Waals surface area contributed by atoms with Crippen molar-refractivity contribution >= 4 is 33.6 Å². The van der Waals surface area contributed by atoms with Crippen molar-refractivity contribution < 1.29 is 75.8 Å². The Labute approximate surface area is 417 Å². The molecular weight excluding hydrogens is 930 g/mol. The van der Waals surface area contributed by atoms with Crippen molar-refractivity contribution in [2.75, 3.05) is 39.6 Å². The van der Waals surface area contributed by atoms with E-state index in [9.17, 15) is 43.5 Å². The second-order valence-electron chi connectivity index (χ2n) is 18.4. The Morgan fingerprint density at radius 1 is 0.391 bits per heavy atom. The molecule has 16 nitrogen and oxygen atoms in total. The fourth-order valence-corrected chi connectivity index (χ4v) is 8.84. The molecule has 69 heavy (non-hydrogen) atoms. The smallest absolute Gasteiger partial charge is 0.463 e. The highest BCUT2D eigenvalue weighted by molar-refractivity contribution is 7.47. The normalized spacial score (nSPS) is 14.8. The number of unbranched alkanes of at least 4 members (excludes halogenated alkanes) is 27. The standard InChI is InChI=1S/C51H98O16P2/c1-4-7-10-13-16-19-22-25-28-31-34-37-49(54)61-40-46(52)41-63-68(57,58)64-42-47(53)43-65-69(59,60)66-45-48(67-51(56)39-36-33-30-27-24-21-18-15-12-9-6-3)44-62-50(55)38-35-32-29-26-23-20-17-14-11-8-5-2/h13,16,46-48,52-53H,4-12,14-15,17-45H2,1-3H3,(H,57,58)(H,59,60)/b16-13-. The van der Waals surface area contributed by atoms with Crippen LogP contribution >= 0.6 is 15.6 Å². The summed E-state index contributed by atoms with van der Waals surface area (Å²) in [6, 6.07) is 0. The number of hydrogen-bond donors (Lipinski definition) is 4. The van der Waals surface area contributed by atoms with Crippen molar-refractivity contribution in [1.29, 1.82) is 0 Å². The summed E-state index contributed by atoms with van der Waals surface area (Å²) in [6.07, 6.45) is 34.5. The lowest BCUT2D eigenvalue weighted by Gasteiger charge is -2.21. The fourth-order valence-electron chi connectivity index (χ4n) is 7.26. The maximum atomic E-state index is 12.8. The molecule has 0 saturated heterocycles. The van der Waals surface area contributed by atoms with E-state index >= 15 is 0 Å². The van der Waals surface area contributed by atoms with Gasteiger partial charge in [-0.2, -0.15) is 0 Å². The van der Waals surface area contributed by atoms with Crippen LogP contribution in [-0.2, 0) is 55.8 Å². The molecule has 0 fully saturated rings. The predicted octanol–water partition coefficient (Wildman–Crippen LogP) is 12.9. The largest absolute Gasteiger partial charge is 0.472 e. The van der Waals surface area contributed by atoms with Crippen molar-refractivity contribution in [3.05, 3.63) is 12.2 Å². The van der Waals surface area contributed by atoms with Crippen molar-refractivity contribution in [2.24, 2.45) is 0 Å². The SMILES string of the molecule is CCCC/C=C\CCCCCCCC(=O)OCC(O)COP(=O)(O)OCC(O)COP(=O)(O)OCC(COC(=O)CCCCCCCCCCCCC)OC(=O)CCCCCCCCCCCCC. The highest BCUT2D eigenvalue weighted by Gasteiger charge is 2.29. The van der Waals surface area contributed by atoms with Gasteiger partial charge in [-0.3, -0.25) is 32.5 Å². The molecule has 0 aliphatic rings. The number of allylic oxidation sites excluding steroid dienone is 2. The van der Waals surface area contributed by atoms with Crippen molar-refractivity contribution in [2.45, 2.75) is 257 Å². The van der Waals surface area contributed by atoms with Gasteiger partial charge in [0.1, 0.15) is 25.4 Å². The Kier molecular flexibility index (Phi) is 46.1. The molecule has 0 heterocycles. The summed E-state index contributed by atoms with van der Waals surface area (Å²) in [5.74, 6) is -1.57. The van der Waals surface area contributed by atoms with Gasteiger partial charge in [-0.25, -0.2) is 9.13 Å². The number of rotatable bonds is 52. The molecule has 18 heteroatoms. The van der Waals surface area contributed by atoms with Gasteiger partial charge in [0, 0.05) is 19.3 Å². The molecular formula is C51H98O16P2. The minimum atomic E-state index is -4.89. The third-order valence-electron chi connectivity index (χ3n) is 11.5. The number of esters is 3. The summed E-state index contributed by atoms with van der Waals surface area (Å²) >= 11 is 0. The molecule has 5 unspecified atom stereocenters. The summed E-state index contributed by atoms with van der Waals surface area (Å²) in [5, 5.41) is 20.3. The number of aliphatic hydroxyl groups excluding tert-OH is 2. The highest BCUT2D eigenvalue weighted by Crippen LogP contribution is 2.45. The van der Waals surface area contributed by atoms with Gasteiger partial charge < -0.3 is 34.2 Å². The van der Waals surface area contributed by atoms with E-state index in [-0.39, 0.29) is 19.3 Å². The predicted molar refractivity (Wildman–Crippen MR) is 270 cm³/mol. The van der Waals surface area contributed by atoms with Crippen molar-refractivity contribution in [1.82, 2.24) is 0 Å². The minimum Gasteiger partial charge on any atom is -0.463 e. The first kappa shape index (κ1) is 67.3. The van der Waals surface area contributed by atoms with Crippen LogP contribution in [0.4, 0.5) is 0 Å². The number of aliphatic hydroxyl groups is 2. The first-order chi connectivity index (χ1) is 33.2. The molecule has 0 aromatic carbocycles. The molecule has 0 radical (unpaired) electrons. The summed E-state index contributed by atoms with van der Waals surface area (Å²) in [6.45, 7) is 2.59. The van der Waals surface area contributed by atoms with E-state index in [1.165, 1.54) is 96.3 Å². The molecule has 0 aliphatic heterocycles. The first-order valence-corrected chi connectivity index (χ1v) is 30.0. The molecule has 0 aromatic heterocycles. The zero-order chi connectivity index (χ0) is 51.1. The van der Waals surface area contributed by atoms with E-state index in [4.69, 9.17) is 32.3 Å². The average Bonchev–Trinajstić information content (AvgIpc) is 3.32. The van der Waals surface area contributed by atoms with Crippen LogP contribution in [-0.4, -0.2) is 95.9 Å². The van der Waals surface area contributed by atoms with Gasteiger partial charge in [-0.05, 0) is 38.5 Å². The highest BCUT2D eigenvalue weighted by atomic mass is 31.2. The molecule has 0 aliphatic carbocycles. The number of phosphoric ester groups is 2. The first-order valence-electron chi connectivity index (χ1n) is 27.0. The van der Waals surface area contributed by atoms with Crippen LogP contribution < -0.4 is 0 Å². The Hall–Kier alpha value is -1.71. The number of phosphoric acid groups is 2. The molecule has 0 rings (SSSR count). The Balaban J connectivity index is 4.69. The number of carbonyl (C=O) groups excluding carboxylic acids is 3. The number of hydrogen-bond acceptors (Lipinski definition) is 14. The van der Waals surface area contributed by atoms with Crippen LogP contribution in [0.25, 0.3) is 0 Å². The monoisotopic (exact) mass is 1030 g/mol. The van der Waals surface area contributed by atoms with Gasteiger partial charge in [-0.15, -0.1) is 0 Å². The van der Waals surface area contributed by atoms with Crippen LogP contribution in [0.5, 0.6) is 0 Å². The summed E-state index contributed by atoms with van der Waals surface area (Å²) in [7, 11) is -9.72. The van der Waals surface area contributed by atoms with Crippen LogP contribution in [0.15, 0.2) is 12.2 Å². The van der Waals surface area contributed by atoms with Gasteiger partial charge in [0.15, 0.2) is 6.10 Å². The van der Waals surface area contributed by atoms with E-state index in [0.29, 0.717) is 19.3 Å². The lowest BCUT2D eigenvalue weighted by molar-refractivity contribution is -0.161. The maximum absolute atomic E-state index is 12.8. The van der Waals surface area contributed by atoms with Gasteiger partial charge >= 0.3 is 33.6 Å². The van der Waals surface area contributed by atoms with E-state index in [2.05, 4.69) is 32.9 Å². The third-order valence-corrected chi connectivity index (χ3v) is 13.4. The second-order valence-corrected chi connectivity index (χ2v) is 21.3. The summed E-state index contributed by atoms with van der Waals surface area (Å²) < 4.78 is 60.3. The van der Waals surface area contributed by atoms with Crippen LogP contribution in [0, 0.1) is 0 Å². The lowest BCUT2D eigenvalue weighted by atomic mass is 10.1. The topological polar surface area (TPSA) is 231 Å². The molecule has 0 bridgehead atoms. The third kappa shape index (κ3) is 48.3. The molecule has 0 spiro atoms. The Bertz CT molecular complexity index is 1350. The zero-order valence-electron chi connectivity index (χ0n) is 43.3. The number of carbonyl (C=O) groups is 3. The van der Waals surface area contributed by atoms with Gasteiger partial charge in [-0.1, -0.05) is 193 Å². The van der Waals surface area contributed by atoms with Crippen LogP contribution in [0.2, 0.25) is 0 Å². The van der Waals surface area contributed by atoms with Crippen molar-refractivity contribution in [3.63, 3.8) is 0 Å². The van der Waals surface area contributed by atoms with E-state index in [1.807, 2.05) is 0 Å². The van der Waals surface area contributed by atoms with Crippen LogP contribution in [0.1, 0.15) is 239 Å². The van der Waals surface area contributed by atoms with Gasteiger partial charge in [0.05, 0.1) is 26.4 Å². The van der Waals surface area contributed by atoms with E-state index in [0.717, 1.165) is 83.5 Å². The molecule has 408 valence electrons. The number of ether oxygens (including phenoxy) is 3. The second kappa shape index (κ2) is 47.3. The maximum Gasteiger partial charge on any atom is 0.472 e. The molecule has 5 atom stereocenters. The van der Waals surface area contributed by atoms with Gasteiger partial charge in [0.2, 0.25) is 0 Å².